The van der Waals surface area contributed by atoms with E-state index in [1.807, 2.05) is 24.3 Å². The van der Waals surface area contributed by atoms with Crippen molar-refractivity contribution in [1.29, 1.82) is 0 Å². The topological polar surface area (TPSA) is 411 Å². The van der Waals surface area contributed by atoms with Gasteiger partial charge in [0.2, 0.25) is 11.8 Å². The first kappa shape index (κ1) is 66.1. The highest BCUT2D eigenvalue weighted by Crippen LogP contribution is 2.16. The number of halogens is 1. The smallest absolute Gasteiger partial charge is 0.326 e. The number of nitrogens with zero attached hydrogens (tertiary/aromatic N) is 3. The van der Waals surface area contributed by atoms with E-state index in [2.05, 4.69) is 54.5 Å². The molecule has 0 radical (unpaired) electrons. The van der Waals surface area contributed by atoms with E-state index in [1.165, 1.54) is 9.80 Å². The fraction of sp³-hybridized carbons (Fsp3) is 0.531. The minimum Gasteiger partial charge on any atom is -0.481 e. The van der Waals surface area contributed by atoms with Crippen LogP contribution in [0, 0.1) is 3.57 Å². The predicted octanol–water partition coefficient (Wildman–Crippen LogP) is 0.347. The molecule has 3 atom stereocenters. The Kier molecular flexibility index (Phi) is 31.6. The number of hydrogen-bond acceptors (Lipinski definition) is 15. The second-order valence-electron chi connectivity index (χ2n) is 17.7. The monoisotopic (exact) mass is 1200 g/mol. The van der Waals surface area contributed by atoms with Crippen molar-refractivity contribution in [2.24, 2.45) is 0 Å². The van der Waals surface area contributed by atoms with E-state index in [9.17, 15) is 73.2 Å². The summed E-state index contributed by atoms with van der Waals surface area (Å²) in [5, 5.41) is 80.5. The molecule has 28 heteroatoms. The lowest BCUT2D eigenvalue weighted by molar-refractivity contribution is -0.145. The van der Waals surface area contributed by atoms with Gasteiger partial charge in [-0.05, 0) is 103 Å². The van der Waals surface area contributed by atoms with E-state index >= 15 is 0 Å². The Labute approximate surface area is 457 Å². The van der Waals surface area contributed by atoms with Gasteiger partial charge in [0.1, 0.15) is 18.1 Å². The molecular formula is C49H70IN9O18. The predicted molar refractivity (Wildman–Crippen MR) is 282 cm³/mol. The molecule has 2 rings (SSSR count). The van der Waals surface area contributed by atoms with Gasteiger partial charge in [0.15, 0.2) is 0 Å². The number of unbranched alkanes of at least 4 members (excludes halogenated alkanes) is 2. The van der Waals surface area contributed by atoms with Gasteiger partial charge in [-0.25, -0.2) is 14.4 Å². The summed E-state index contributed by atoms with van der Waals surface area (Å²) in [4.78, 5) is 136. The average molecular weight is 1200 g/mol. The molecular weight excluding hydrogens is 1130 g/mol. The maximum atomic E-state index is 13.9. The Bertz CT molecular complexity index is 2270. The Balaban J connectivity index is 1.90. The first-order valence-corrected chi connectivity index (χ1v) is 25.8. The zero-order valence-electron chi connectivity index (χ0n) is 42.5. The van der Waals surface area contributed by atoms with E-state index in [1.54, 1.807) is 29.2 Å². The van der Waals surface area contributed by atoms with E-state index in [-0.39, 0.29) is 122 Å². The standard InChI is InChI=1S/C49H70IN9O18/c50-35-13-9-33(10-14-35)30-59(22-4-2-5-36(46(71)72)55-49(77)56-37(47(73)74)15-18-41(62)63)45(70)34-11-7-32(8-12-34)27-54-39(60)6-1-3-19-53-40(61)17-16-38(48(75)76)58(24-21-52-29-43(66)67)26-25-57(31-44(68)69)23-20-51-28-42(64)65/h7-14,36-38,51-52H,1-6,15-31H2,(H,53,61)(H,54,60)(H,62,63)(H,64,65)(H,66,67)(H,68,69)(H,71,72)(H,73,74)(H,75,76)(H2,55,56,77)/t36?,37-,38?/m1/s1. The van der Waals surface area contributed by atoms with Crippen molar-refractivity contribution in [3.8, 4) is 0 Å². The van der Waals surface area contributed by atoms with Gasteiger partial charge in [-0.3, -0.25) is 48.2 Å². The maximum absolute atomic E-state index is 13.9. The lowest BCUT2D eigenvalue weighted by atomic mass is 10.1. The molecule has 0 aliphatic carbocycles. The maximum Gasteiger partial charge on any atom is 0.326 e. The molecule has 0 saturated carbocycles. The molecule has 426 valence electrons. The van der Waals surface area contributed by atoms with Crippen LogP contribution in [0.1, 0.15) is 85.7 Å². The summed E-state index contributed by atoms with van der Waals surface area (Å²) >= 11 is 2.16. The second kappa shape index (κ2) is 36.9. The highest BCUT2D eigenvalue weighted by Gasteiger charge is 2.28. The van der Waals surface area contributed by atoms with Gasteiger partial charge >= 0.3 is 47.8 Å². The first-order valence-electron chi connectivity index (χ1n) is 24.7. The molecule has 0 aliphatic heterocycles. The molecule has 0 bridgehead atoms. The number of amides is 5. The molecule has 2 aromatic rings. The van der Waals surface area contributed by atoms with Gasteiger partial charge in [0.25, 0.3) is 5.91 Å². The number of carboxylic acid groups (broad SMARTS) is 7. The SMILES string of the molecule is O=C(O)CC[C@@H](NC(=O)NC(CCCCN(Cc1ccc(I)cc1)C(=O)c1ccc(CNC(=O)CCCCNC(=O)CCC(C(=O)O)N(CCNCC(=O)O)CCN(CCNCC(=O)O)CC(=O)O)cc1)C(=O)O)C(=O)O. The van der Waals surface area contributed by atoms with Gasteiger partial charge in [0, 0.05) is 93.8 Å². The van der Waals surface area contributed by atoms with Crippen molar-refractivity contribution in [1.82, 2.24) is 46.6 Å². The van der Waals surface area contributed by atoms with Crippen LogP contribution in [-0.4, -0.2) is 206 Å². The Morgan fingerprint density at radius 1 is 0.506 bits per heavy atom. The summed E-state index contributed by atoms with van der Waals surface area (Å²) in [6.45, 7) is 0.224. The van der Waals surface area contributed by atoms with Crippen molar-refractivity contribution in [2.45, 2.75) is 95.4 Å². The van der Waals surface area contributed by atoms with Gasteiger partial charge in [-0.1, -0.05) is 24.3 Å². The van der Waals surface area contributed by atoms with Crippen LogP contribution in [0.3, 0.4) is 0 Å². The zero-order chi connectivity index (χ0) is 57.3. The van der Waals surface area contributed by atoms with Gasteiger partial charge < -0.3 is 72.5 Å². The largest absolute Gasteiger partial charge is 0.481 e. The second-order valence-corrected chi connectivity index (χ2v) is 18.9. The molecule has 0 aliphatic rings. The lowest BCUT2D eigenvalue weighted by Crippen LogP contribution is -2.51. The van der Waals surface area contributed by atoms with Crippen LogP contribution in [0.2, 0.25) is 0 Å². The summed E-state index contributed by atoms with van der Waals surface area (Å²) in [7, 11) is 0. The number of rotatable bonds is 42. The van der Waals surface area contributed by atoms with Gasteiger partial charge in [0.05, 0.1) is 19.6 Å². The zero-order valence-corrected chi connectivity index (χ0v) is 44.6. The molecule has 77 heavy (non-hydrogen) atoms. The van der Waals surface area contributed by atoms with Crippen LogP contribution in [0.5, 0.6) is 0 Å². The summed E-state index contributed by atoms with van der Waals surface area (Å²) in [5.74, 6) is -9.74. The van der Waals surface area contributed by atoms with Gasteiger partial charge in [-0.2, -0.15) is 0 Å². The molecule has 13 N–H and O–H groups in total. The fourth-order valence-electron chi connectivity index (χ4n) is 7.55. The number of carboxylic acids is 7. The van der Waals surface area contributed by atoms with Crippen LogP contribution >= 0.6 is 22.6 Å². The quantitative estimate of drug-likeness (QED) is 0.0315. The van der Waals surface area contributed by atoms with Crippen molar-refractivity contribution >= 4 is 88.1 Å². The van der Waals surface area contributed by atoms with Crippen molar-refractivity contribution in [3.63, 3.8) is 0 Å². The third kappa shape index (κ3) is 29.8. The van der Waals surface area contributed by atoms with Crippen LogP contribution in [0.4, 0.5) is 4.79 Å². The average Bonchev–Trinajstić information content (AvgIpc) is 3.36. The Morgan fingerprint density at radius 3 is 1.66 bits per heavy atom. The molecule has 5 amide bonds. The molecule has 0 fully saturated rings. The van der Waals surface area contributed by atoms with E-state index in [0.717, 1.165) is 9.13 Å². The summed E-state index contributed by atoms with van der Waals surface area (Å²) in [6.07, 6.45) is 0.260. The minimum atomic E-state index is -1.55. The first-order chi connectivity index (χ1) is 36.5. The highest BCUT2D eigenvalue weighted by atomic mass is 127. The number of nitrogens with one attached hydrogen (secondary N) is 6. The number of hydrogen-bond donors (Lipinski definition) is 13. The number of urea groups is 1. The van der Waals surface area contributed by atoms with Crippen LogP contribution in [0.15, 0.2) is 48.5 Å². The van der Waals surface area contributed by atoms with E-state index in [0.29, 0.717) is 30.4 Å². The number of aliphatic carboxylic acids is 7. The molecule has 2 unspecified atom stereocenters. The fourth-order valence-corrected chi connectivity index (χ4v) is 7.91. The molecule has 0 aromatic heterocycles. The van der Waals surface area contributed by atoms with Crippen LogP contribution in [0.25, 0.3) is 0 Å². The van der Waals surface area contributed by atoms with Gasteiger partial charge in [-0.15, -0.1) is 0 Å². The Morgan fingerprint density at radius 2 is 1.09 bits per heavy atom. The van der Waals surface area contributed by atoms with Crippen molar-refractivity contribution in [2.75, 3.05) is 72.0 Å². The number of benzene rings is 2. The summed E-state index contributed by atoms with van der Waals surface area (Å²) < 4.78 is 0.987. The number of carbonyl (C=O) groups is 11. The van der Waals surface area contributed by atoms with Crippen LogP contribution < -0.4 is 31.9 Å². The van der Waals surface area contributed by atoms with Crippen LogP contribution in [-0.2, 0) is 56.2 Å². The molecule has 0 heterocycles. The molecule has 0 spiro atoms. The highest BCUT2D eigenvalue weighted by molar-refractivity contribution is 14.1. The normalized spacial score (nSPS) is 12.2. The molecule has 2 aromatic carbocycles. The Hall–Kier alpha value is -7.02. The minimum absolute atomic E-state index is 0.0400. The van der Waals surface area contributed by atoms with Crippen molar-refractivity contribution in [3.05, 3.63) is 68.8 Å². The number of carbonyl (C=O) groups excluding carboxylic acids is 4. The molecule has 0 saturated heterocycles. The summed E-state index contributed by atoms with van der Waals surface area (Å²) in [5.41, 5.74) is 1.90. The van der Waals surface area contributed by atoms with E-state index < -0.39 is 91.2 Å². The third-order valence-corrected chi connectivity index (χ3v) is 12.3. The third-order valence-electron chi connectivity index (χ3n) is 11.6. The van der Waals surface area contributed by atoms with Crippen molar-refractivity contribution < 1.29 is 88.5 Å². The lowest BCUT2D eigenvalue weighted by Gasteiger charge is -2.31. The summed E-state index contributed by atoms with van der Waals surface area (Å²) in [6, 6.07) is 8.94. The molecule has 27 nitrogen and oxygen atoms in total. The van der Waals surface area contributed by atoms with E-state index in [4.69, 9.17) is 15.3 Å².